The number of aromatic nitrogens is 2. The molecule has 116 valence electrons. The minimum atomic E-state index is -0.104. The van der Waals surface area contributed by atoms with Crippen molar-refractivity contribution in [3.63, 3.8) is 0 Å². The van der Waals surface area contributed by atoms with Crippen molar-refractivity contribution in [2.45, 2.75) is 31.7 Å². The topological polar surface area (TPSA) is 59.2 Å². The van der Waals surface area contributed by atoms with E-state index in [0.717, 1.165) is 24.9 Å². The molecule has 1 unspecified atom stereocenters. The Labute approximate surface area is 134 Å². The highest BCUT2D eigenvalue weighted by atomic mass is 35.5. The van der Waals surface area contributed by atoms with Gasteiger partial charge in [-0.15, -0.1) is 11.6 Å². The van der Waals surface area contributed by atoms with Gasteiger partial charge in [-0.1, -0.05) is 35.5 Å². The number of alkyl halides is 1. The monoisotopic (exact) mass is 319 g/mol. The Morgan fingerprint density at radius 2 is 2.18 bits per heavy atom. The molecule has 1 aromatic heterocycles. The zero-order valence-electron chi connectivity index (χ0n) is 12.2. The lowest BCUT2D eigenvalue weighted by Crippen LogP contribution is -2.30. The maximum Gasteiger partial charge on any atom is 0.249 e. The Balaban J connectivity index is 1.76. The van der Waals surface area contributed by atoms with E-state index >= 15 is 0 Å². The van der Waals surface area contributed by atoms with E-state index in [1.807, 2.05) is 35.2 Å². The standard InChI is InChI=1S/C16H18ClN3O2/c17-10-4-9-14(21)20-11-5-8-13(20)16-18-15(19-22-16)12-6-2-1-3-7-12/h1-3,6-7,13H,4-5,8-11H2. The molecule has 5 nitrogen and oxygen atoms in total. The van der Waals surface area contributed by atoms with E-state index in [0.29, 0.717) is 30.4 Å². The van der Waals surface area contributed by atoms with Crippen molar-refractivity contribution >= 4 is 17.5 Å². The molecule has 0 spiro atoms. The molecule has 0 N–H and O–H groups in total. The summed E-state index contributed by atoms with van der Waals surface area (Å²) in [4.78, 5) is 18.6. The first-order valence-corrected chi connectivity index (χ1v) is 8.07. The molecule has 0 aliphatic carbocycles. The van der Waals surface area contributed by atoms with Crippen molar-refractivity contribution in [2.75, 3.05) is 12.4 Å². The van der Waals surface area contributed by atoms with Crippen molar-refractivity contribution in [1.29, 1.82) is 0 Å². The van der Waals surface area contributed by atoms with Crippen LogP contribution in [0.15, 0.2) is 34.9 Å². The zero-order chi connectivity index (χ0) is 15.4. The fraction of sp³-hybridized carbons (Fsp3) is 0.438. The number of rotatable bonds is 5. The van der Waals surface area contributed by atoms with E-state index < -0.39 is 0 Å². The van der Waals surface area contributed by atoms with Crippen molar-refractivity contribution < 1.29 is 9.32 Å². The highest BCUT2D eigenvalue weighted by molar-refractivity contribution is 6.17. The first-order chi connectivity index (χ1) is 10.8. The predicted molar refractivity (Wildman–Crippen MR) is 83.4 cm³/mol. The van der Waals surface area contributed by atoms with E-state index in [-0.39, 0.29) is 11.9 Å². The van der Waals surface area contributed by atoms with Gasteiger partial charge in [0.25, 0.3) is 0 Å². The largest absolute Gasteiger partial charge is 0.337 e. The van der Waals surface area contributed by atoms with Gasteiger partial charge in [0.15, 0.2) is 0 Å². The summed E-state index contributed by atoms with van der Waals surface area (Å²) in [6.07, 6.45) is 2.99. The first kappa shape index (κ1) is 15.0. The summed E-state index contributed by atoms with van der Waals surface area (Å²) in [5.41, 5.74) is 0.913. The maximum atomic E-state index is 12.2. The third-order valence-electron chi connectivity index (χ3n) is 3.86. The molecule has 6 heteroatoms. The second-order valence-electron chi connectivity index (χ2n) is 5.36. The molecule has 1 fully saturated rings. The third-order valence-corrected chi connectivity index (χ3v) is 4.12. The van der Waals surface area contributed by atoms with Crippen molar-refractivity contribution in [3.8, 4) is 11.4 Å². The molecule has 1 atom stereocenters. The fourth-order valence-electron chi connectivity index (χ4n) is 2.76. The van der Waals surface area contributed by atoms with Gasteiger partial charge in [-0.2, -0.15) is 4.98 Å². The van der Waals surface area contributed by atoms with Crippen LogP contribution in [0.3, 0.4) is 0 Å². The summed E-state index contributed by atoms with van der Waals surface area (Å²) in [5.74, 6) is 1.71. The number of nitrogens with zero attached hydrogens (tertiary/aromatic N) is 3. The van der Waals surface area contributed by atoms with E-state index in [4.69, 9.17) is 16.1 Å². The van der Waals surface area contributed by atoms with E-state index in [2.05, 4.69) is 10.1 Å². The number of carbonyl (C=O) groups is 1. The average molecular weight is 320 g/mol. The van der Waals surface area contributed by atoms with Crippen molar-refractivity contribution in [3.05, 3.63) is 36.2 Å². The van der Waals surface area contributed by atoms with Crippen LogP contribution in [0.4, 0.5) is 0 Å². The van der Waals surface area contributed by atoms with Gasteiger partial charge in [-0.25, -0.2) is 0 Å². The number of halogens is 1. The molecule has 1 aliphatic heterocycles. The zero-order valence-corrected chi connectivity index (χ0v) is 13.0. The smallest absolute Gasteiger partial charge is 0.249 e. The number of amides is 1. The van der Waals surface area contributed by atoms with Crippen LogP contribution in [-0.4, -0.2) is 33.4 Å². The van der Waals surface area contributed by atoms with Crippen LogP contribution in [0.2, 0.25) is 0 Å². The van der Waals surface area contributed by atoms with Gasteiger partial charge in [-0.05, 0) is 19.3 Å². The lowest BCUT2D eigenvalue weighted by Gasteiger charge is -2.21. The van der Waals surface area contributed by atoms with Crippen LogP contribution < -0.4 is 0 Å². The molecule has 1 aliphatic rings. The Bertz CT molecular complexity index is 629. The Morgan fingerprint density at radius 3 is 2.95 bits per heavy atom. The molecule has 3 rings (SSSR count). The number of carbonyl (C=O) groups excluding carboxylic acids is 1. The van der Waals surface area contributed by atoms with Gasteiger partial charge in [0.2, 0.25) is 17.6 Å². The lowest BCUT2D eigenvalue weighted by molar-refractivity contribution is -0.132. The third kappa shape index (κ3) is 3.14. The molecule has 0 saturated carbocycles. The molecule has 1 amide bonds. The first-order valence-electron chi connectivity index (χ1n) is 7.54. The number of likely N-dealkylation sites (tertiary alicyclic amines) is 1. The Kier molecular flexibility index (Phi) is 4.73. The van der Waals surface area contributed by atoms with Crippen LogP contribution in [0.1, 0.15) is 37.6 Å². The summed E-state index contributed by atoms with van der Waals surface area (Å²) < 4.78 is 5.41. The number of hydrogen-bond donors (Lipinski definition) is 0. The minimum absolute atomic E-state index is 0.104. The molecule has 22 heavy (non-hydrogen) atoms. The highest BCUT2D eigenvalue weighted by Crippen LogP contribution is 2.32. The summed E-state index contributed by atoms with van der Waals surface area (Å²) in [6.45, 7) is 0.745. The minimum Gasteiger partial charge on any atom is -0.337 e. The SMILES string of the molecule is O=C(CCCCl)N1CCCC1c1nc(-c2ccccc2)no1. The second kappa shape index (κ2) is 6.92. The summed E-state index contributed by atoms with van der Waals surface area (Å²) in [6, 6.07) is 9.58. The van der Waals surface area contributed by atoms with Gasteiger partial charge in [0.1, 0.15) is 6.04 Å². The molecule has 1 saturated heterocycles. The molecule has 2 aromatic rings. The van der Waals surface area contributed by atoms with Gasteiger partial charge in [0.05, 0.1) is 0 Å². The van der Waals surface area contributed by atoms with Gasteiger partial charge < -0.3 is 9.42 Å². The molecular formula is C16H18ClN3O2. The normalized spacial score (nSPS) is 17.9. The Hall–Kier alpha value is -1.88. The quantitative estimate of drug-likeness (QED) is 0.792. The van der Waals surface area contributed by atoms with Crippen LogP contribution in [0.5, 0.6) is 0 Å². The number of benzene rings is 1. The van der Waals surface area contributed by atoms with Crippen LogP contribution >= 0.6 is 11.6 Å². The van der Waals surface area contributed by atoms with Gasteiger partial charge in [-0.3, -0.25) is 4.79 Å². The van der Waals surface area contributed by atoms with E-state index in [1.165, 1.54) is 0 Å². The lowest BCUT2D eigenvalue weighted by atomic mass is 10.2. The summed E-state index contributed by atoms with van der Waals surface area (Å²) in [7, 11) is 0. The molecular weight excluding hydrogens is 302 g/mol. The van der Waals surface area contributed by atoms with Gasteiger partial charge >= 0.3 is 0 Å². The predicted octanol–water partition coefficient (Wildman–Crippen LogP) is 3.42. The summed E-state index contributed by atoms with van der Waals surface area (Å²) in [5, 5.41) is 4.04. The molecule has 0 bridgehead atoms. The molecule has 0 radical (unpaired) electrons. The van der Waals surface area contributed by atoms with Crippen LogP contribution in [0.25, 0.3) is 11.4 Å². The summed E-state index contributed by atoms with van der Waals surface area (Å²) >= 11 is 5.67. The van der Waals surface area contributed by atoms with Gasteiger partial charge in [0, 0.05) is 24.4 Å². The average Bonchev–Trinajstić information content (AvgIpc) is 3.22. The fourth-order valence-corrected chi connectivity index (χ4v) is 2.89. The van der Waals surface area contributed by atoms with E-state index in [9.17, 15) is 4.79 Å². The highest BCUT2D eigenvalue weighted by Gasteiger charge is 2.33. The van der Waals surface area contributed by atoms with E-state index in [1.54, 1.807) is 0 Å². The number of hydrogen-bond acceptors (Lipinski definition) is 4. The molecule has 2 heterocycles. The second-order valence-corrected chi connectivity index (χ2v) is 5.74. The van der Waals surface area contributed by atoms with Crippen LogP contribution in [-0.2, 0) is 4.79 Å². The van der Waals surface area contributed by atoms with Crippen LogP contribution in [0, 0.1) is 0 Å². The maximum absolute atomic E-state index is 12.2. The van der Waals surface area contributed by atoms with Crippen molar-refractivity contribution in [2.24, 2.45) is 0 Å². The molecule has 1 aromatic carbocycles. The van der Waals surface area contributed by atoms with Crippen molar-refractivity contribution in [1.82, 2.24) is 15.0 Å². The Morgan fingerprint density at radius 1 is 1.36 bits per heavy atom.